The number of nitrogens with one attached hydrogen (secondary N) is 1. The van der Waals surface area contributed by atoms with E-state index in [0.717, 1.165) is 17.2 Å². The van der Waals surface area contributed by atoms with Crippen LogP contribution in [0.2, 0.25) is 0 Å². The van der Waals surface area contributed by atoms with Crippen molar-refractivity contribution in [2.45, 2.75) is 0 Å². The van der Waals surface area contributed by atoms with Gasteiger partial charge in [-0.3, -0.25) is 0 Å². The summed E-state index contributed by atoms with van der Waals surface area (Å²) in [5.41, 5.74) is 0.838. The molecule has 0 aromatic heterocycles. The minimum atomic E-state index is 0.462. The third-order valence-corrected chi connectivity index (χ3v) is 1.79. The summed E-state index contributed by atoms with van der Waals surface area (Å²) in [5, 5.41) is 3.05. The molecule has 0 heterocycles. The summed E-state index contributed by atoms with van der Waals surface area (Å²) in [6.07, 6.45) is 5.15. The van der Waals surface area contributed by atoms with E-state index in [4.69, 9.17) is 15.9 Å². The fourth-order valence-corrected chi connectivity index (χ4v) is 1.10. The summed E-state index contributed by atoms with van der Waals surface area (Å²) in [5.74, 6) is 4.02. The van der Waals surface area contributed by atoms with Gasteiger partial charge in [0.25, 0.3) is 0 Å². The van der Waals surface area contributed by atoms with Crippen LogP contribution in [0.4, 0.5) is 5.69 Å². The maximum atomic E-state index is 5.16. The Bertz CT molecular complexity index is 342. The first-order valence-electron chi connectivity index (χ1n) is 4.21. The number of anilines is 1. The highest BCUT2D eigenvalue weighted by molar-refractivity contribution is 5.60. The fraction of sp³-hybridized carbons (Fsp3) is 0.273. The molecule has 1 aromatic rings. The number of methoxy groups -OCH3 is 2. The van der Waals surface area contributed by atoms with Crippen LogP contribution in [-0.2, 0) is 0 Å². The fourth-order valence-electron chi connectivity index (χ4n) is 1.10. The second-order valence-electron chi connectivity index (χ2n) is 2.62. The number of terminal acetylenes is 1. The summed E-state index contributed by atoms with van der Waals surface area (Å²) in [4.78, 5) is 0. The van der Waals surface area contributed by atoms with Crippen molar-refractivity contribution >= 4 is 5.69 Å². The van der Waals surface area contributed by atoms with Crippen LogP contribution in [0.3, 0.4) is 0 Å². The topological polar surface area (TPSA) is 30.5 Å². The molecule has 0 atom stereocenters. The van der Waals surface area contributed by atoms with E-state index in [9.17, 15) is 0 Å². The van der Waals surface area contributed by atoms with E-state index in [2.05, 4.69) is 11.2 Å². The second kappa shape index (κ2) is 5.03. The number of hydrogen-bond acceptors (Lipinski definition) is 3. The molecule has 0 radical (unpaired) electrons. The zero-order chi connectivity index (χ0) is 10.4. The number of benzene rings is 1. The largest absolute Gasteiger partial charge is 0.497 e. The normalized spacial score (nSPS) is 8.93. The van der Waals surface area contributed by atoms with Gasteiger partial charge in [0.2, 0.25) is 0 Å². The van der Waals surface area contributed by atoms with Gasteiger partial charge >= 0.3 is 0 Å². The number of ether oxygens (including phenoxy) is 2. The molecule has 14 heavy (non-hydrogen) atoms. The molecule has 1 rings (SSSR count). The molecule has 0 saturated carbocycles. The molecule has 0 aliphatic carbocycles. The van der Waals surface area contributed by atoms with Gasteiger partial charge in [-0.05, 0) is 12.1 Å². The van der Waals surface area contributed by atoms with Crippen molar-refractivity contribution in [3.05, 3.63) is 18.2 Å². The lowest BCUT2D eigenvalue weighted by atomic mass is 10.2. The van der Waals surface area contributed by atoms with Gasteiger partial charge in [-0.25, -0.2) is 0 Å². The van der Waals surface area contributed by atoms with E-state index >= 15 is 0 Å². The van der Waals surface area contributed by atoms with E-state index in [0.29, 0.717) is 6.54 Å². The molecule has 1 N–H and O–H groups in total. The van der Waals surface area contributed by atoms with E-state index in [1.165, 1.54) is 0 Å². The first-order chi connectivity index (χ1) is 6.81. The first kappa shape index (κ1) is 10.3. The molecule has 0 fully saturated rings. The van der Waals surface area contributed by atoms with Crippen molar-refractivity contribution in [1.29, 1.82) is 0 Å². The van der Waals surface area contributed by atoms with Gasteiger partial charge in [0.15, 0.2) is 0 Å². The van der Waals surface area contributed by atoms with E-state index in [1.54, 1.807) is 14.2 Å². The summed E-state index contributed by atoms with van der Waals surface area (Å²) in [6.45, 7) is 0.462. The average Bonchev–Trinajstić information content (AvgIpc) is 2.25. The van der Waals surface area contributed by atoms with Crippen LogP contribution >= 0.6 is 0 Å². The van der Waals surface area contributed by atoms with Crippen LogP contribution in [0, 0.1) is 12.3 Å². The lowest BCUT2D eigenvalue weighted by Crippen LogP contribution is -2.01. The third kappa shape index (κ3) is 2.33. The Morgan fingerprint density at radius 2 is 2.14 bits per heavy atom. The maximum Gasteiger partial charge on any atom is 0.142 e. The Hall–Kier alpha value is -1.82. The predicted octanol–water partition coefficient (Wildman–Crippen LogP) is 1.75. The molecule has 0 bridgehead atoms. The van der Waals surface area contributed by atoms with Gasteiger partial charge in [-0.1, -0.05) is 5.92 Å². The molecule has 0 unspecified atom stereocenters. The predicted molar refractivity (Wildman–Crippen MR) is 56.9 cm³/mol. The van der Waals surface area contributed by atoms with Crippen LogP contribution in [-0.4, -0.2) is 20.8 Å². The monoisotopic (exact) mass is 191 g/mol. The Labute approximate surface area is 84.0 Å². The van der Waals surface area contributed by atoms with Gasteiger partial charge in [0.05, 0.1) is 26.5 Å². The van der Waals surface area contributed by atoms with Gasteiger partial charge in [-0.2, -0.15) is 0 Å². The summed E-state index contributed by atoms with van der Waals surface area (Å²) in [7, 11) is 3.23. The molecule has 3 heteroatoms. The summed E-state index contributed by atoms with van der Waals surface area (Å²) in [6, 6.07) is 5.51. The third-order valence-electron chi connectivity index (χ3n) is 1.79. The van der Waals surface area contributed by atoms with Crippen LogP contribution in [0.25, 0.3) is 0 Å². The lowest BCUT2D eigenvalue weighted by molar-refractivity contribution is 0.404. The standard InChI is InChI=1S/C11H13NO2/c1-4-7-12-10-8-9(13-2)5-6-11(10)14-3/h1,5-6,8,12H,7H2,2-3H3. The van der Waals surface area contributed by atoms with Gasteiger partial charge in [0, 0.05) is 6.07 Å². The van der Waals surface area contributed by atoms with Crippen LogP contribution in [0.5, 0.6) is 11.5 Å². The minimum absolute atomic E-state index is 0.462. The zero-order valence-corrected chi connectivity index (χ0v) is 8.33. The molecule has 1 aromatic carbocycles. The van der Waals surface area contributed by atoms with E-state index < -0.39 is 0 Å². The smallest absolute Gasteiger partial charge is 0.142 e. The van der Waals surface area contributed by atoms with Crippen molar-refractivity contribution in [1.82, 2.24) is 0 Å². The SMILES string of the molecule is C#CCNc1cc(OC)ccc1OC. The van der Waals surface area contributed by atoms with Crippen molar-refractivity contribution < 1.29 is 9.47 Å². The van der Waals surface area contributed by atoms with Crippen molar-refractivity contribution in [2.75, 3.05) is 26.1 Å². The Kier molecular flexibility index (Phi) is 3.69. The highest BCUT2D eigenvalue weighted by atomic mass is 16.5. The Morgan fingerprint density at radius 3 is 2.71 bits per heavy atom. The Morgan fingerprint density at radius 1 is 1.36 bits per heavy atom. The van der Waals surface area contributed by atoms with Crippen molar-refractivity contribution in [2.24, 2.45) is 0 Å². The van der Waals surface area contributed by atoms with Crippen LogP contribution in [0.1, 0.15) is 0 Å². The van der Waals surface area contributed by atoms with Gasteiger partial charge in [0.1, 0.15) is 11.5 Å². The van der Waals surface area contributed by atoms with Crippen molar-refractivity contribution in [3.63, 3.8) is 0 Å². The minimum Gasteiger partial charge on any atom is -0.497 e. The van der Waals surface area contributed by atoms with Gasteiger partial charge < -0.3 is 14.8 Å². The average molecular weight is 191 g/mol. The lowest BCUT2D eigenvalue weighted by Gasteiger charge is -2.10. The highest BCUT2D eigenvalue weighted by Gasteiger charge is 2.02. The zero-order valence-electron chi connectivity index (χ0n) is 8.33. The van der Waals surface area contributed by atoms with Crippen LogP contribution in [0.15, 0.2) is 18.2 Å². The van der Waals surface area contributed by atoms with Crippen LogP contribution < -0.4 is 14.8 Å². The van der Waals surface area contributed by atoms with Gasteiger partial charge in [-0.15, -0.1) is 6.42 Å². The Balaban J connectivity index is 2.91. The summed E-state index contributed by atoms with van der Waals surface area (Å²) >= 11 is 0. The molecule has 0 aliphatic rings. The van der Waals surface area contributed by atoms with E-state index in [1.807, 2.05) is 18.2 Å². The quantitative estimate of drug-likeness (QED) is 0.735. The highest BCUT2D eigenvalue weighted by Crippen LogP contribution is 2.28. The molecule has 0 saturated heterocycles. The first-order valence-corrected chi connectivity index (χ1v) is 4.21. The molecule has 0 amide bonds. The molecule has 3 nitrogen and oxygen atoms in total. The number of hydrogen-bond donors (Lipinski definition) is 1. The van der Waals surface area contributed by atoms with Crippen molar-refractivity contribution in [3.8, 4) is 23.8 Å². The second-order valence-corrected chi connectivity index (χ2v) is 2.62. The molecular weight excluding hydrogens is 178 g/mol. The van der Waals surface area contributed by atoms with E-state index in [-0.39, 0.29) is 0 Å². The molecule has 74 valence electrons. The molecular formula is C11H13NO2. The number of rotatable bonds is 4. The maximum absolute atomic E-state index is 5.16. The molecule has 0 spiro atoms. The molecule has 0 aliphatic heterocycles. The summed E-state index contributed by atoms with van der Waals surface area (Å²) < 4.78 is 10.2.